The van der Waals surface area contributed by atoms with Gasteiger partial charge in [0.1, 0.15) is 17.1 Å². The van der Waals surface area contributed by atoms with Crippen molar-refractivity contribution in [2.24, 2.45) is 0 Å². The summed E-state index contributed by atoms with van der Waals surface area (Å²) in [6.07, 6.45) is 0.557. The summed E-state index contributed by atoms with van der Waals surface area (Å²) in [7, 11) is 0. The summed E-state index contributed by atoms with van der Waals surface area (Å²) >= 11 is 0. The highest BCUT2D eigenvalue weighted by Crippen LogP contribution is 2.43. The fourth-order valence-electron chi connectivity index (χ4n) is 2.93. The molecule has 0 radical (unpaired) electrons. The molecule has 1 aromatic rings. The molecule has 2 unspecified atom stereocenters. The van der Waals surface area contributed by atoms with Crippen LogP contribution in [0.15, 0.2) is 12.1 Å². The molecule has 1 heterocycles. The van der Waals surface area contributed by atoms with Gasteiger partial charge in [-0.05, 0) is 57.2 Å². The molecule has 0 bridgehead atoms. The highest BCUT2D eigenvalue weighted by Gasteiger charge is 2.32. The van der Waals surface area contributed by atoms with Crippen molar-refractivity contribution < 1.29 is 19.4 Å². The molecule has 0 amide bonds. The van der Waals surface area contributed by atoms with Crippen LogP contribution < -0.4 is 9.47 Å². The second-order valence-corrected chi connectivity index (χ2v) is 6.48. The number of fused-ring (bicyclic) bond motifs is 1. The average molecular weight is 292 g/mol. The molecule has 1 aliphatic rings. The van der Waals surface area contributed by atoms with Crippen molar-refractivity contribution in [3.8, 4) is 11.5 Å². The number of rotatable bonds is 4. The second kappa shape index (κ2) is 5.58. The van der Waals surface area contributed by atoms with Crippen LogP contribution in [0.1, 0.15) is 57.6 Å². The van der Waals surface area contributed by atoms with Crippen LogP contribution in [-0.4, -0.2) is 22.8 Å². The Bertz CT molecular complexity index is 548. The SMILES string of the molecule is CCC(Oc1cc2c(cc1C)OC(C)(C)CC2C)C(=O)O. The molecule has 116 valence electrons. The van der Waals surface area contributed by atoms with E-state index in [9.17, 15) is 4.79 Å². The van der Waals surface area contributed by atoms with Crippen molar-refractivity contribution in [1.82, 2.24) is 0 Å². The number of ether oxygens (including phenoxy) is 2. The Morgan fingerprint density at radius 1 is 1.52 bits per heavy atom. The Kier molecular flexibility index (Phi) is 4.17. The van der Waals surface area contributed by atoms with E-state index in [1.165, 1.54) is 0 Å². The van der Waals surface area contributed by atoms with Gasteiger partial charge in [0.05, 0.1) is 0 Å². The quantitative estimate of drug-likeness (QED) is 0.914. The van der Waals surface area contributed by atoms with Crippen LogP contribution in [0.3, 0.4) is 0 Å². The van der Waals surface area contributed by atoms with Crippen LogP contribution in [0, 0.1) is 6.92 Å². The van der Waals surface area contributed by atoms with E-state index in [2.05, 4.69) is 20.8 Å². The summed E-state index contributed by atoms with van der Waals surface area (Å²) in [5, 5.41) is 9.13. The Balaban J connectivity index is 2.35. The molecule has 1 aliphatic heterocycles. The summed E-state index contributed by atoms with van der Waals surface area (Å²) in [5.74, 6) is 0.946. The number of hydrogen-bond donors (Lipinski definition) is 1. The van der Waals surface area contributed by atoms with Crippen molar-refractivity contribution in [1.29, 1.82) is 0 Å². The van der Waals surface area contributed by atoms with Gasteiger partial charge in [-0.25, -0.2) is 4.79 Å². The minimum absolute atomic E-state index is 0.172. The minimum Gasteiger partial charge on any atom is -0.488 e. The van der Waals surface area contributed by atoms with Gasteiger partial charge < -0.3 is 14.6 Å². The van der Waals surface area contributed by atoms with Gasteiger partial charge in [0.2, 0.25) is 0 Å². The normalized spacial score (nSPS) is 21.1. The zero-order valence-corrected chi connectivity index (χ0v) is 13.4. The Morgan fingerprint density at radius 3 is 2.76 bits per heavy atom. The molecule has 0 saturated carbocycles. The minimum atomic E-state index is -0.931. The summed E-state index contributed by atoms with van der Waals surface area (Å²) in [6.45, 7) is 10.1. The maximum atomic E-state index is 11.1. The van der Waals surface area contributed by atoms with Crippen LogP contribution in [0.4, 0.5) is 0 Å². The first-order chi connectivity index (χ1) is 9.73. The molecule has 1 N–H and O–H groups in total. The number of carbonyl (C=O) groups is 1. The fourth-order valence-corrected chi connectivity index (χ4v) is 2.93. The lowest BCUT2D eigenvalue weighted by molar-refractivity contribution is -0.145. The van der Waals surface area contributed by atoms with E-state index in [0.29, 0.717) is 18.1 Å². The van der Waals surface area contributed by atoms with E-state index in [1.54, 1.807) is 6.92 Å². The number of aryl methyl sites for hydroxylation is 1. The molecule has 0 aromatic heterocycles. The van der Waals surface area contributed by atoms with Gasteiger partial charge in [-0.3, -0.25) is 0 Å². The Morgan fingerprint density at radius 2 is 2.19 bits per heavy atom. The molecule has 0 aliphatic carbocycles. The number of carboxylic acid groups (broad SMARTS) is 1. The number of hydrogen-bond acceptors (Lipinski definition) is 3. The standard InChI is InChI=1S/C17H24O4/c1-6-13(16(18)19)20-14-8-12-11(3)9-17(4,5)21-15(12)7-10(14)2/h7-8,11,13H,6,9H2,1-5H3,(H,18,19). The molecule has 4 nitrogen and oxygen atoms in total. The highest BCUT2D eigenvalue weighted by molar-refractivity contribution is 5.72. The van der Waals surface area contributed by atoms with Crippen molar-refractivity contribution in [3.63, 3.8) is 0 Å². The number of benzene rings is 1. The van der Waals surface area contributed by atoms with Gasteiger partial charge in [-0.1, -0.05) is 13.8 Å². The van der Waals surface area contributed by atoms with E-state index in [0.717, 1.165) is 23.3 Å². The summed E-state index contributed by atoms with van der Waals surface area (Å²) < 4.78 is 11.7. The van der Waals surface area contributed by atoms with Crippen molar-refractivity contribution in [2.45, 2.75) is 65.1 Å². The molecule has 0 saturated heterocycles. The van der Waals surface area contributed by atoms with Gasteiger partial charge in [0.25, 0.3) is 0 Å². The smallest absolute Gasteiger partial charge is 0.344 e. The summed E-state index contributed by atoms with van der Waals surface area (Å²) in [6, 6.07) is 3.90. The van der Waals surface area contributed by atoms with Gasteiger partial charge >= 0.3 is 5.97 Å². The highest BCUT2D eigenvalue weighted by atomic mass is 16.5. The first-order valence-electron chi connectivity index (χ1n) is 7.46. The van der Waals surface area contributed by atoms with Crippen LogP contribution in [0.25, 0.3) is 0 Å². The van der Waals surface area contributed by atoms with E-state index >= 15 is 0 Å². The molecule has 2 rings (SSSR count). The predicted octanol–water partition coefficient (Wildman–Crippen LogP) is 3.90. The van der Waals surface area contributed by atoms with Crippen LogP contribution in [-0.2, 0) is 4.79 Å². The van der Waals surface area contributed by atoms with Crippen LogP contribution >= 0.6 is 0 Å². The molecule has 21 heavy (non-hydrogen) atoms. The molecular weight excluding hydrogens is 268 g/mol. The third-order valence-electron chi connectivity index (χ3n) is 3.94. The lowest BCUT2D eigenvalue weighted by Crippen LogP contribution is -2.34. The third kappa shape index (κ3) is 3.31. The summed E-state index contributed by atoms with van der Waals surface area (Å²) in [4.78, 5) is 11.1. The van der Waals surface area contributed by atoms with Gasteiger partial charge in [-0.2, -0.15) is 0 Å². The van der Waals surface area contributed by atoms with E-state index in [1.807, 2.05) is 19.1 Å². The molecular formula is C17H24O4. The molecule has 4 heteroatoms. The third-order valence-corrected chi connectivity index (χ3v) is 3.94. The van der Waals surface area contributed by atoms with E-state index < -0.39 is 12.1 Å². The largest absolute Gasteiger partial charge is 0.488 e. The predicted molar refractivity (Wildman–Crippen MR) is 81.3 cm³/mol. The second-order valence-electron chi connectivity index (χ2n) is 6.48. The first-order valence-corrected chi connectivity index (χ1v) is 7.46. The maximum Gasteiger partial charge on any atom is 0.344 e. The van der Waals surface area contributed by atoms with Gasteiger partial charge in [-0.15, -0.1) is 0 Å². The molecule has 2 atom stereocenters. The van der Waals surface area contributed by atoms with E-state index in [4.69, 9.17) is 14.6 Å². The number of aliphatic carboxylic acids is 1. The van der Waals surface area contributed by atoms with Crippen molar-refractivity contribution in [3.05, 3.63) is 23.3 Å². The van der Waals surface area contributed by atoms with Crippen molar-refractivity contribution in [2.75, 3.05) is 0 Å². The maximum absolute atomic E-state index is 11.1. The van der Waals surface area contributed by atoms with Gasteiger partial charge in [0, 0.05) is 5.56 Å². The van der Waals surface area contributed by atoms with Crippen molar-refractivity contribution >= 4 is 5.97 Å². The lowest BCUT2D eigenvalue weighted by atomic mass is 9.85. The lowest BCUT2D eigenvalue weighted by Gasteiger charge is -2.37. The number of carboxylic acids is 1. The Labute approximate surface area is 126 Å². The fraction of sp³-hybridized carbons (Fsp3) is 0.588. The molecule has 0 fully saturated rings. The van der Waals surface area contributed by atoms with Crippen LogP contribution in [0.5, 0.6) is 11.5 Å². The zero-order valence-electron chi connectivity index (χ0n) is 13.4. The average Bonchev–Trinajstić information content (AvgIpc) is 2.34. The molecule has 0 spiro atoms. The van der Waals surface area contributed by atoms with Gasteiger partial charge in [0.15, 0.2) is 6.10 Å². The van der Waals surface area contributed by atoms with Crippen LogP contribution in [0.2, 0.25) is 0 Å². The first kappa shape index (κ1) is 15.7. The monoisotopic (exact) mass is 292 g/mol. The zero-order chi connectivity index (χ0) is 15.8. The molecule has 1 aromatic carbocycles. The van der Waals surface area contributed by atoms with E-state index in [-0.39, 0.29) is 5.60 Å². The topological polar surface area (TPSA) is 55.8 Å². The Hall–Kier alpha value is -1.71. The summed E-state index contributed by atoms with van der Waals surface area (Å²) in [5.41, 5.74) is 1.82.